The average molecular weight is 369 g/mol. The van der Waals surface area contributed by atoms with Crippen molar-refractivity contribution in [3.8, 4) is 0 Å². The molecule has 0 aromatic heterocycles. The summed E-state index contributed by atoms with van der Waals surface area (Å²) in [5, 5.41) is 6.69. The highest BCUT2D eigenvalue weighted by molar-refractivity contribution is 7.99. The molecular formula is C20H23N3O2S. The van der Waals surface area contributed by atoms with Crippen molar-refractivity contribution in [2.75, 3.05) is 5.32 Å². The fraction of sp³-hybridized carbons (Fsp3) is 0.250. The molecule has 0 radical (unpaired) electrons. The molecule has 2 aromatic carbocycles. The summed E-state index contributed by atoms with van der Waals surface area (Å²) < 4.78 is 0. The van der Waals surface area contributed by atoms with E-state index in [0.717, 1.165) is 17.0 Å². The second-order valence-electron chi connectivity index (χ2n) is 5.87. The zero-order valence-corrected chi connectivity index (χ0v) is 16.0. The third-order valence-electron chi connectivity index (χ3n) is 3.67. The van der Waals surface area contributed by atoms with Crippen LogP contribution in [0.4, 0.5) is 5.69 Å². The molecule has 0 bridgehead atoms. The fourth-order valence-electron chi connectivity index (χ4n) is 2.16. The Morgan fingerprint density at radius 1 is 1.04 bits per heavy atom. The molecule has 2 amide bonds. The molecule has 6 heteroatoms. The number of amides is 2. The first-order chi connectivity index (χ1) is 12.5. The van der Waals surface area contributed by atoms with Crippen LogP contribution in [0, 0.1) is 0 Å². The molecule has 1 unspecified atom stereocenters. The van der Waals surface area contributed by atoms with Gasteiger partial charge in [-0.1, -0.05) is 42.5 Å². The lowest BCUT2D eigenvalue weighted by Crippen LogP contribution is -2.27. The Morgan fingerprint density at radius 2 is 1.69 bits per heavy atom. The van der Waals surface area contributed by atoms with Gasteiger partial charge < -0.3 is 5.32 Å². The fourth-order valence-corrected chi connectivity index (χ4v) is 3.00. The van der Waals surface area contributed by atoms with Gasteiger partial charge in [0.2, 0.25) is 5.91 Å². The Bertz CT molecular complexity index is 773. The van der Waals surface area contributed by atoms with Gasteiger partial charge in [-0.2, -0.15) is 5.10 Å². The maximum Gasteiger partial charge on any atom is 0.252 e. The van der Waals surface area contributed by atoms with Gasteiger partial charge >= 0.3 is 0 Å². The molecule has 0 aliphatic carbocycles. The molecule has 2 rings (SSSR count). The number of nitrogens with one attached hydrogen (secondary N) is 2. The van der Waals surface area contributed by atoms with Crippen LogP contribution in [0.5, 0.6) is 0 Å². The van der Waals surface area contributed by atoms with Gasteiger partial charge in [-0.05, 0) is 37.1 Å². The molecule has 0 spiro atoms. The van der Waals surface area contributed by atoms with Crippen molar-refractivity contribution in [3.63, 3.8) is 0 Å². The van der Waals surface area contributed by atoms with Crippen molar-refractivity contribution >= 4 is 35.0 Å². The van der Waals surface area contributed by atoms with Crippen LogP contribution in [0.15, 0.2) is 59.7 Å². The van der Waals surface area contributed by atoms with Gasteiger partial charge in [0.1, 0.15) is 0 Å². The maximum atomic E-state index is 12.2. The van der Waals surface area contributed by atoms with E-state index in [4.69, 9.17) is 0 Å². The van der Waals surface area contributed by atoms with Crippen molar-refractivity contribution in [1.82, 2.24) is 5.43 Å². The molecule has 0 fully saturated rings. The summed E-state index contributed by atoms with van der Waals surface area (Å²) in [4.78, 5) is 23.2. The van der Waals surface area contributed by atoms with E-state index in [0.29, 0.717) is 5.71 Å². The summed E-state index contributed by atoms with van der Waals surface area (Å²) in [5.74, 6) is 0.542. The van der Waals surface area contributed by atoms with Crippen LogP contribution in [-0.4, -0.2) is 22.8 Å². The van der Waals surface area contributed by atoms with Gasteiger partial charge in [0.05, 0.1) is 11.0 Å². The van der Waals surface area contributed by atoms with Gasteiger partial charge in [-0.15, -0.1) is 11.8 Å². The molecule has 0 saturated carbocycles. The lowest BCUT2D eigenvalue weighted by molar-refractivity contribution is -0.120. The third-order valence-corrected chi connectivity index (χ3v) is 4.88. The van der Waals surface area contributed by atoms with E-state index in [-0.39, 0.29) is 17.1 Å². The lowest BCUT2D eigenvalue weighted by Gasteiger charge is -2.10. The summed E-state index contributed by atoms with van der Waals surface area (Å²) in [6, 6.07) is 17.4. The van der Waals surface area contributed by atoms with Crippen molar-refractivity contribution in [2.45, 2.75) is 31.8 Å². The van der Waals surface area contributed by atoms with Crippen LogP contribution < -0.4 is 10.7 Å². The second kappa shape index (κ2) is 9.77. The van der Waals surface area contributed by atoms with Gasteiger partial charge in [0.15, 0.2) is 0 Å². The highest BCUT2D eigenvalue weighted by Crippen LogP contribution is 2.17. The van der Waals surface area contributed by atoms with Crippen molar-refractivity contribution in [2.24, 2.45) is 5.10 Å². The van der Waals surface area contributed by atoms with Crippen molar-refractivity contribution in [3.05, 3.63) is 65.7 Å². The van der Waals surface area contributed by atoms with Gasteiger partial charge in [-0.3, -0.25) is 9.59 Å². The Hall–Kier alpha value is -2.60. The molecule has 136 valence electrons. The second-order valence-corrected chi connectivity index (χ2v) is 7.20. The van der Waals surface area contributed by atoms with Crippen LogP contribution in [0.1, 0.15) is 31.9 Å². The van der Waals surface area contributed by atoms with Crippen LogP contribution in [0.2, 0.25) is 0 Å². The summed E-state index contributed by atoms with van der Waals surface area (Å²) in [6.07, 6.45) is 0. The Labute approximate surface area is 158 Å². The van der Waals surface area contributed by atoms with Crippen molar-refractivity contribution in [1.29, 1.82) is 0 Å². The molecular weight excluding hydrogens is 346 g/mol. The normalized spacial score (nSPS) is 12.3. The molecule has 2 aromatic rings. The van der Waals surface area contributed by atoms with E-state index in [1.54, 1.807) is 23.9 Å². The van der Waals surface area contributed by atoms with Crippen LogP contribution in [0.3, 0.4) is 0 Å². The molecule has 0 aliphatic heterocycles. The van der Waals surface area contributed by atoms with Crippen LogP contribution >= 0.6 is 11.8 Å². The predicted molar refractivity (Wildman–Crippen MR) is 108 cm³/mol. The molecule has 26 heavy (non-hydrogen) atoms. The number of benzene rings is 2. The van der Waals surface area contributed by atoms with Gasteiger partial charge in [0.25, 0.3) is 5.91 Å². The van der Waals surface area contributed by atoms with Crippen LogP contribution in [0.25, 0.3) is 0 Å². The number of carbonyl (C=O) groups is 2. The largest absolute Gasteiger partial charge is 0.326 e. The summed E-state index contributed by atoms with van der Waals surface area (Å²) >= 11 is 1.57. The van der Waals surface area contributed by atoms with E-state index in [1.807, 2.05) is 56.3 Å². The van der Waals surface area contributed by atoms with Gasteiger partial charge in [-0.25, -0.2) is 5.43 Å². The number of carbonyl (C=O) groups excluding carboxylic acids is 2. The van der Waals surface area contributed by atoms with Gasteiger partial charge in [0, 0.05) is 18.4 Å². The van der Waals surface area contributed by atoms with Crippen LogP contribution in [-0.2, 0) is 15.3 Å². The SMILES string of the molecule is CC(=O)Nc1ccc(C(C)=NNC(=O)C(C)SCc2ccccc2)cc1. The Kier molecular flexibility index (Phi) is 7.41. The highest BCUT2D eigenvalue weighted by atomic mass is 32.2. The Morgan fingerprint density at radius 3 is 2.31 bits per heavy atom. The lowest BCUT2D eigenvalue weighted by atomic mass is 10.1. The first-order valence-electron chi connectivity index (χ1n) is 8.33. The highest BCUT2D eigenvalue weighted by Gasteiger charge is 2.13. The molecule has 0 heterocycles. The number of nitrogens with zero attached hydrogens (tertiary/aromatic N) is 1. The third kappa shape index (κ3) is 6.37. The minimum atomic E-state index is -0.200. The molecule has 0 saturated heterocycles. The molecule has 5 nitrogen and oxygen atoms in total. The average Bonchev–Trinajstić information content (AvgIpc) is 2.64. The smallest absolute Gasteiger partial charge is 0.252 e. The number of anilines is 1. The van der Waals surface area contributed by atoms with E-state index < -0.39 is 0 Å². The van der Waals surface area contributed by atoms with E-state index >= 15 is 0 Å². The number of hydrazone groups is 1. The quantitative estimate of drug-likeness (QED) is 0.576. The van der Waals surface area contributed by atoms with Crippen molar-refractivity contribution < 1.29 is 9.59 Å². The van der Waals surface area contributed by atoms with E-state index in [2.05, 4.69) is 15.8 Å². The maximum absolute atomic E-state index is 12.2. The number of thioether (sulfide) groups is 1. The first kappa shape index (κ1) is 19.7. The summed E-state index contributed by atoms with van der Waals surface area (Å²) in [6.45, 7) is 5.17. The summed E-state index contributed by atoms with van der Waals surface area (Å²) in [7, 11) is 0. The zero-order chi connectivity index (χ0) is 18.9. The molecule has 1 atom stereocenters. The van der Waals surface area contributed by atoms with E-state index in [9.17, 15) is 9.59 Å². The first-order valence-corrected chi connectivity index (χ1v) is 9.38. The Balaban J connectivity index is 1.86. The zero-order valence-electron chi connectivity index (χ0n) is 15.2. The molecule has 2 N–H and O–H groups in total. The number of rotatable bonds is 7. The molecule has 0 aliphatic rings. The van der Waals surface area contributed by atoms with E-state index in [1.165, 1.54) is 12.5 Å². The minimum absolute atomic E-state index is 0.114. The number of hydrogen-bond acceptors (Lipinski definition) is 4. The standard InChI is InChI=1S/C20H23N3O2S/c1-14(18-9-11-19(12-10-18)21-16(3)24)22-23-20(25)15(2)26-13-17-7-5-4-6-8-17/h4-12,15H,13H2,1-3H3,(H,21,24)(H,23,25). The minimum Gasteiger partial charge on any atom is -0.326 e. The monoisotopic (exact) mass is 369 g/mol. The predicted octanol–water partition coefficient (Wildman–Crippen LogP) is 3.81. The summed E-state index contributed by atoms with van der Waals surface area (Å²) in [5.41, 5.74) is 6.12. The number of hydrogen-bond donors (Lipinski definition) is 2. The topological polar surface area (TPSA) is 70.6 Å².